The smallest absolute Gasteiger partial charge is 0.314 e. The Balaban J connectivity index is 1.46. The second-order valence-electron chi connectivity index (χ2n) is 5.39. The molecule has 0 unspecified atom stereocenters. The van der Waals surface area contributed by atoms with Crippen molar-refractivity contribution in [3.8, 4) is 0 Å². The summed E-state index contributed by atoms with van der Waals surface area (Å²) < 4.78 is 1.70. The fraction of sp³-hybridized carbons (Fsp3) is 0.357. The quantitative estimate of drug-likeness (QED) is 0.792. The first-order chi connectivity index (χ1) is 11.6. The molecule has 2 heterocycles. The molecule has 0 aromatic carbocycles. The van der Waals surface area contributed by atoms with Gasteiger partial charge in [-0.1, -0.05) is 11.6 Å². The van der Waals surface area contributed by atoms with Crippen LogP contribution in [0.2, 0.25) is 5.02 Å². The lowest BCUT2D eigenvalue weighted by Gasteiger charge is -2.28. The highest BCUT2D eigenvalue weighted by Gasteiger charge is 2.26. The minimum atomic E-state index is -0.763. The zero-order chi connectivity index (χ0) is 16.9. The molecule has 1 radical (unpaired) electrons. The Labute approximate surface area is 142 Å². The number of rotatable bonds is 3. The number of tetrazole rings is 1. The molecular weight excluding hydrogens is 334 g/mol. The van der Waals surface area contributed by atoms with E-state index >= 15 is 0 Å². The molecule has 10 heteroatoms. The minimum Gasteiger partial charge on any atom is -0.345 e. The van der Waals surface area contributed by atoms with Crippen molar-refractivity contribution in [2.45, 2.75) is 31.3 Å². The highest BCUT2D eigenvalue weighted by Crippen LogP contribution is 2.26. The molecule has 0 bridgehead atoms. The molecule has 0 spiro atoms. The molecule has 2 aromatic heterocycles. The van der Waals surface area contributed by atoms with E-state index < -0.39 is 11.8 Å². The minimum absolute atomic E-state index is 0.158. The van der Waals surface area contributed by atoms with Crippen LogP contribution in [0.1, 0.15) is 25.3 Å². The van der Waals surface area contributed by atoms with Crippen molar-refractivity contribution in [3.63, 3.8) is 0 Å². The third-order valence-corrected chi connectivity index (χ3v) is 3.96. The SMILES string of the molecule is O=C(Nc1ccc(Cl)cn1)C(=O)N[C@H]1[CH]C[C@H](n2cnnn2)CC1. The summed E-state index contributed by atoms with van der Waals surface area (Å²) in [6.07, 6.45) is 7.17. The first-order valence-corrected chi connectivity index (χ1v) is 7.79. The molecule has 1 aliphatic rings. The van der Waals surface area contributed by atoms with E-state index in [1.165, 1.54) is 12.3 Å². The zero-order valence-corrected chi connectivity index (χ0v) is 13.3. The van der Waals surface area contributed by atoms with E-state index in [9.17, 15) is 9.59 Å². The molecule has 0 saturated heterocycles. The van der Waals surface area contributed by atoms with Crippen LogP contribution < -0.4 is 10.6 Å². The first-order valence-electron chi connectivity index (χ1n) is 7.41. The number of hydrogen-bond donors (Lipinski definition) is 2. The van der Waals surface area contributed by atoms with Crippen molar-refractivity contribution >= 4 is 29.2 Å². The summed E-state index contributed by atoms with van der Waals surface area (Å²) in [5, 5.41) is 16.7. The van der Waals surface area contributed by atoms with Crippen LogP contribution in [0.15, 0.2) is 24.7 Å². The zero-order valence-electron chi connectivity index (χ0n) is 12.6. The number of hydrogen-bond acceptors (Lipinski definition) is 6. The number of nitrogens with zero attached hydrogens (tertiary/aromatic N) is 5. The summed E-state index contributed by atoms with van der Waals surface area (Å²) in [6.45, 7) is 0. The molecule has 125 valence electrons. The summed E-state index contributed by atoms with van der Waals surface area (Å²) in [6, 6.07) is 3.13. The average molecular weight is 349 g/mol. The molecule has 2 amide bonds. The predicted molar refractivity (Wildman–Crippen MR) is 84.8 cm³/mol. The van der Waals surface area contributed by atoms with Crippen molar-refractivity contribution in [3.05, 3.63) is 36.1 Å². The van der Waals surface area contributed by atoms with Crippen LogP contribution in [0, 0.1) is 6.42 Å². The van der Waals surface area contributed by atoms with Gasteiger partial charge in [-0.3, -0.25) is 9.59 Å². The fourth-order valence-electron chi connectivity index (χ4n) is 2.49. The number of aromatic nitrogens is 5. The van der Waals surface area contributed by atoms with Crippen LogP contribution in [-0.2, 0) is 9.59 Å². The Hall–Kier alpha value is -2.55. The molecule has 2 N–H and O–H groups in total. The lowest BCUT2D eigenvalue weighted by Crippen LogP contribution is -2.44. The second kappa shape index (κ2) is 7.35. The number of amides is 2. The number of halogens is 1. The number of carbonyl (C=O) groups is 2. The van der Waals surface area contributed by atoms with Crippen molar-refractivity contribution in [1.29, 1.82) is 0 Å². The summed E-state index contributed by atoms with van der Waals surface area (Å²) in [4.78, 5) is 27.8. The summed E-state index contributed by atoms with van der Waals surface area (Å²) in [5.74, 6) is -1.19. The number of nitrogens with one attached hydrogen (secondary N) is 2. The van der Waals surface area contributed by atoms with Gasteiger partial charge in [0.2, 0.25) is 0 Å². The van der Waals surface area contributed by atoms with Gasteiger partial charge in [0.1, 0.15) is 12.1 Å². The summed E-state index contributed by atoms with van der Waals surface area (Å²) >= 11 is 5.72. The van der Waals surface area contributed by atoms with Crippen molar-refractivity contribution in [2.75, 3.05) is 5.32 Å². The van der Waals surface area contributed by atoms with Gasteiger partial charge < -0.3 is 10.6 Å². The van der Waals surface area contributed by atoms with Crippen LogP contribution >= 0.6 is 11.6 Å². The molecule has 3 rings (SSSR count). The number of carbonyl (C=O) groups excluding carboxylic acids is 2. The Morgan fingerprint density at radius 1 is 1.25 bits per heavy atom. The van der Waals surface area contributed by atoms with Crippen LogP contribution in [0.4, 0.5) is 5.82 Å². The van der Waals surface area contributed by atoms with E-state index in [1.54, 1.807) is 17.1 Å². The molecular formula is C14H15ClN7O2. The van der Waals surface area contributed by atoms with E-state index in [0.29, 0.717) is 11.4 Å². The van der Waals surface area contributed by atoms with Crippen LogP contribution in [0.25, 0.3) is 0 Å². The Morgan fingerprint density at radius 3 is 2.75 bits per heavy atom. The summed E-state index contributed by atoms with van der Waals surface area (Å²) in [5.41, 5.74) is 0. The maximum Gasteiger partial charge on any atom is 0.314 e. The Kier molecular flexibility index (Phi) is 4.99. The standard InChI is InChI=1S/C14H15ClN7O2/c15-9-1-6-12(16-7-9)19-14(24)13(23)18-10-2-4-11(5-3-10)22-8-17-20-21-22/h1-2,6-8,10-11H,3-5H2,(H,18,23)(H,16,19,24)/t10-,11-/m0/s1. The van der Waals surface area contributed by atoms with Crippen LogP contribution in [-0.4, -0.2) is 43.0 Å². The Bertz CT molecular complexity index is 696. The molecule has 9 nitrogen and oxygen atoms in total. The molecule has 2 atom stereocenters. The Morgan fingerprint density at radius 2 is 2.12 bits per heavy atom. The first kappa shape index (κ1) is 16.3. The van der Waals surface area contributed by atoms with E-state index in [4.69, 9.17) is 11.6 Å². The maximum atomic E-state index is 12.0. The van der Waals surface area contributed by atoms with Crippen molar-refractivity contribution in [1.82, 2.24) is 30.5 Å². The topological polar surface area (TPSA) is 115 Å². The maximum absolute atomic E-state index is 12.0. The van der Waals surface area contributed by atoms with Gasteiger partial charge in [-0.15, -0.1) is 5.10 Å². The number of anilines is 1. The molecule has 24 heavy (non-hydrogen) atoms. The van der Waals surface area contributed by atoms with Gasteiger partial charge in [0, 0.05) is 12.2 Å². The average Bonchev–Trinajstić information content (AvgIpc) is 3.12. The molecule has 2 aromatic rings. The summed E-state index contributed by atoms with van der Waals surface area (Å²) in [7, 11) is 0. The van der Waals surface area contributed by atoms with Gasteiger partial charge in [-0.2, -0.15) is 0 Å². The van der Waals surface area contributed by atoms with Gasteiger partial charge in [0.05, 0.1) is 11.1 Å². The van der Waals surface area contributed by atoms with Crippen LogP contribution in [0.3, 0.4) is 0 Å². The van der Waals surface area contributed by atoms with Crippen molar-refractivity contribution in [2.24, 2.45) is 0 Å². The molecule has 1 fully saturated rings. The van der Waals surface area contributed by atoms with E-state index in [0.717, 1.165) is 12.8 Å². The highest BCUT2D eigenvalue weighted by molar-refractivity contribution is 6.39. The third kappa shape index (κ3) is 4.05. The lowest BCUT2D eigenvalue weighted by atomic mass is 9.91. The van der Waals surface area contributed by atoms with E-state index in [-0.39, 0.29) is 17.9 Å². The normalized spacial score (nSPS) is 20.4. The number of pyridine rings is 1. The van der Waals surface area contributed by atoms with Crippen molar-refractivity contribution < 1.29 is 9.59 Å². The van der Waals surface area contributed by atoms with E-state index in [1.807, 2.05) is 6.42 Å². The van der Waals surface area contributed by atoms with Gasteiger partial charge >= 0.3 is 11.8 Å². The third-order valence-electron chi connectivity index (χ3n) is 3.73. The van der Waals surface area contributed by atoms with Gasteiger partial charge in [-0.05, 0) is 48.2 Å². The fourth-order valence-corrected chi connectivity index (χ4v) is 2.60. The van der Waals surface area contributed by atoms with Gasteiger partial charge in [0.25, 0.3) is 0 Å². The van der Waals surface area contributed by atoms with Gasteiger partial charge in [-0.25, -0.2) is 9.67 Å². The largest absolute Gasteiger partial charge is 0.345 e. The van der Waals surface area contributed by atoms with E-state index in [2.05, 4.69) is 31.1 Å². The van der Waals surface area contributed by atoms with Crippen LogP contribution in [0.5, 0.6) is 0 Å². The predicted octanol–water partition coefficient (Wildman–Crippen LogP) is 0.774. The molecule has 1 saturated carbocycles. The molecule has 0 aliphatic heterocycles. The highest BCUT2D eigenvalue weighted by atomic mass is 35.5. The van der Waals surface area contributed by atoms with Gasteiger partial charge in [0.15, 0.2) is 0 Å². The second-order valence-corrected chi connectivity index (χ2v) is 5.82. The lowest BCUT2D eigenvalue weighted by molar-refractivity contribution is -0.136. The monoisotopic (exact) mass is 348 g/mol. The molecule has 1 aliphatic carbocycles.